The second-order valence-corrected chi connectivity index (χ2v) is 4.20. The van der Waals surface area contributed by atoms with Crippen molar-refractivity contribution in [2.24, 2.45) is 0 Å². The SMILES string of the molecule is [S-]c1c(Cl)c(Cl)c(Cl)c(Cl)c1Cl.[Zn]. The van der Waals surface area contributed by atoms with E-state index in [1.807, 2.05) is 0 Å². The zero-order valence-corrected chi connectivity index (χ0v) is 13.6. The minimum absolute atomic E-state index is 0. The summed E-state index contributed by atoms with van der Waals surface area (Å²) in [5.74, 6) is 0. The van der Waals surface area contributed by atoms with Crippen LogP contribution in [0.5, 0.6) is 0 Å². The van der Waals surface area contributed by atoms with Crippen LogP contribution in [0.3, 0.4) is 0 Å². The van der Waals surface area contributed by atoms with Crippen LogP contribution < -0.4 is 0 Å². The summed E-state index contributed by atoms with van der Waals surface area (Å²) in [6.45, 7) is 0. The Morgan fingerprint density at radius 2 is 0.846 bits per heavy atom. The molecule has 0 nitrogen and oxygen atoms in total. The average molecular weight is 347 g/mol. The molecule has 0 heterocycles. The maximum absolute atomic E-state index is 5.70. The van der Waals surface area contributed by atoms with E-state index in [0.717, 1.165) is 0 Å². The van der Waals surface area contributed by atoms with Gasteiger partial charge in [0.2, 0.25) is 0 Å². The fraction of sp³-hybridized carbons (Fsp3) is 0. The molecule has 1 rings (SSSR count). The van der Waals surface area contributed by atoms with Gasteiger partial charge in [-0.25, -0.2) is 0 Å². The van der Waals surface area contributed by atoms with Crippen LogP contribution in [0.2, 0.25) is 25.1 Å². The van der Waals surface area contributed by atoms with E-state index in [0.29, 0.717) is 0 Å². The Hall–Kier alpha value is 1.51. The minimum atomic E-state index is 0. The smallest absolute Gasteiger partial charge is 0.0807 e. The molecule has 0 N–H and O–H groups in total. The van der Waals surface area contributed by atoms with E-state index in [1.54, 1.807) is 0 Å². The predicted octanol–water partition coefficient (Wildman–Crippen LogP) is 4.86. The van der Waals surface area contributed by atoms with E-state index >= 15 is 0 Å². The zero-order valence-electron chi connectivity index (χ0n) is 6.01. The Bertz CT molecular complexity index is 235. The van der Waals surface area contributed by atoms with Gasteiger partial charge in [-0.15, -0.1) is 4.90 Å². The molecule has 0 atom stereocenters. The van der Waals surface area contributed by atoms with Crippen LogP contribution in [0.1, 0.15) is 0 Å². The molecule has 0 saturated carbocycles. The van der Waals surface area contributed by atoms with Gasteiger partial charge in [0.1, 0.15) is 0 Å². The Kier molecular flexibility index (Phi) is 6.20. The van der Waals surface area contributed by atoms with Crippen LogP contribution >= 0.6 is 58.0 Å². The molecule has 13 heavy (non-hydrogen) atoms. The van der Waals surface area contributed by atoms with Crippen molar-refractivity contribution in [3.63, 3.8) is 0 Å². The summed E-state index contributed by atoms with van der Waals surface area (Å²) in [5.41, 5.74) is 0. The van der Waals surface area contributed by atoms with Crippen molar-refractivity contribution < 1.29 is 19.5 Å². The Balaban J connectivity index is 0.00000144. The molecule has 0 spiro atoms. The molecule has 0 unspecified atom stereocenters. The number of rotatable bonds is 0. The van der Waals surface area contributed by atoms with Crippen LogP contribution in [-0.2, 0) is 32.1 Å². The van der Waals surface area contributed by atoms with Crippen molar-refractivity contribution in [3.05, 3.63) is 25.1 Å². The third-order valence-electron chi connectivity index (χ3n) is 1.17. The molecule has 0 aromatic heterocycles. The maximum atomic E-state index is 5.70. The van der Waals surface area contributed by atoms with Crippen molar-refractivity contribution in [1.82, 2.24) is 0 Å². The zero-order chi connectivity index (χ0) is 9.46. The van der Waals surface area contributed by atoms with Crippen LogP contribution in [-0.4, -0.2) is 0 Å². The molecule has 0 aliphatic heterocycles. The molecule has 0 radical (unpaired) electrons. The molecule has 7 heteroatoms. The topological polar surface area (TPSA) is 0 Å². The van der Waals surface area contributed by atoms with E-state index in [9.17, 15) is 0 Å². The summed E-state index contributed by atoms with van der Waals surface area (Å²) in [5, 5.41) is 0.717. The van der Waals surface area contributed by atoms with Crippen molar-refractivity contribution in [3.8, 4) is 0 Å². The van der Waals surface area contributed by atoms with Crippen molar-refractivity contribution >= 4 is 70.6 Å². The third-order valence-corrected chi connectivity index (χ3v) is 4.08. The van der Waals surface area contributed by atoms with E-state index in [1.165, 1.54) is 0 Å². The number of halogens is 5. The Labute approximate surface area is 119 Å². The fourth-order valence-corrected chi connectivity index (χ4v) is 2.04. The number of benzene rings is 1. The number of hydrogen-bond donors (Lipinski definition) is 0. The first-order valence-electron chi connectivity index (χ1n) is 2.65. The van der Waals surface area contributed by atoms with E-state index in [4.69, 9.17) is 70.6 Å². The monoisotopic (exact) mass is 343 g/mol. The summed E-state index contributed by atoms with van der Waals surface area (Å²) >= 11 is 33.3. The van der Waals surface area contributed by atoms with Gasteiger partial charge in [0.05, 0.1) is 15.1 Å². The molecular weight excluding hydrogens is 347 g/mol. The molecule has 1 aromatic rings. The normalized spacial score (nSPS) is 9.62. The predicted molar refractivity (Wildman–Crippen MR) is 57.1 cm³/mol. The molecule has 0 amide bonds. The van der Waals surface area contributed by atoms with Crippen molar-refractivity contribution in [2.45, 2.75) is 4.90 Å². The average Bonchev–Trinajstić information content (AvgIpc) is 2.08. The molecule has 68 valence electrons. The quantitative estimate of drug-likeness (QED) is 0.280. The van der Waals surface area contributed by atoms with Crippen LogP contribution in [0.4, 0.5) is 0 Å². The van der Waals surface area contributed by atoms with E-state index < -0.39 is 0 Å². The molecule has 1 aromatic carbocycles. The van der Waals surface area contributed by atoms with Gasteiger partial charge >= 0.3 is 0 Å². The molecule has 0 fully saturated rings. The van der Waals surface area contributed by atoms with Gasteiger partial charge in [-0.05, 0) is 0 Å². The van der Waals surface area contributed by atoms with Gasteiger partial charge in [0.25, 0.3) is 0 Å². The summed E-state index contributed by atoms with van der Waals surface area (Å²) in [7, 11) is 0. The van der Waals surface area contributed by atoms with Gasteiger partial charge in [-0.3, -0.25) is 0 Å². The second-order valence-electron chi connectivity index (χ2n) is 1.90. The summed E-state index contributed by atoms with van der Waals surface area (Å²) in [6, 6.07) is 0. The van der Waals surface area contributed by atoms with Gasteiger partial charge in [-0.1, -0.05) is 58.0 Å². The number of hydrogen-bond acceptors (Lipinski definition) is 1. The molecule has 0 aliphatic carbocycles. The largest absolute Gasteiger partial charge is 0.777 e. The molecule has 0 aliphatic rings. The molecular formula is C6Cl5SZn-. The van der Waals surface area contributed by atoms with Crippen molar-refractivity contribution in [1.29, 1.82) is 0 Å². The fourth-order valence-electron chi connectivity index (χ4n) is 0.585. The van der Waals surface area contributed by atoms with Gasteiger partial charge in [0, 0.05) is 29.5 Å². The first-order valence-corrected chi connectivity index (χ1v) is 4.95. The first kappa shape index (κ1) is 14.5. The molecule has 0 saturated heterocycles. The van der Waals surface area contributed by atoms with Gasteiger partial charge in [-0.2, -0.15) is 0 Å². The molecule has 0 bridgehead atoms. The second kappa shape index (κ2) is 5.56. The van der Waals surface area contributed by atoms with Crippen LogP contribution in [0, 0.1) is 0 Å². The summed E-state index contributed by atoms with van der Waals surface area (Å²) < 4.78 is 0. The first-order chi connectivity index (χ1) is 5.46. The summed E-state index contributed by atoms with van der Waals surface area (Å²) in [4.78, 5) is 0.220. The standard InChI is InChI=1S/C6HCl5S.Zn/c7-1-2(8)4(10)6(12)5(11)3(1)9;/h12H;/p-1. The minimum Gasteiger partial charge on any atom is -0.777 e. The maximum Gasteiger partial charge on any atom is 0.0807 e. The Morgan fingerprint density at radius 1 is 0.615 bits per heavy atom. The summed E-state index contributed by atoms with van der Waals surface area (Å²) in [6.07, 6.45) is 0. The third kappa shape index (κ3) is 2.75. The Morgan fingerprint density at radius 3 is 1.15 bits per heavy atom. The van der Waals surface area contributed by atoms with E-state index in [-0.39, 0.29) is 49.5 Å². The van der Waals surface area contributed by atoms with Gasteiger partial charge in [0.15, 0.2) is 0 Å². The van der Waals surface area contributed by atoms with Crippen LogP contribution in [0.25, 0.3) is 0 Å². The van der Waals surface area contributed by atoms with Crippen LogP contribution in [0.15, 0.2) is 4.90 Å². The van der Waals surface area contributed by atoms with Crippen molar-refractivity contribution in [2.75, 3.05) is 0 Å². The van der Waals surface area contributed by atoms with Gasteiger partial charge < -0.3 is 12.6 Å². The van der Waals surface area contributed by atoms with E-state index in [2.05, 4.69) is 0 Å².